The first-order valence-corrected chi connectivity index (χ1v) is 6.85. The lowest BCUT2D eigenvalue weighted by Crippen LogP contribution is -2.38. The normalized spacial score (nSPS) is 22.8. The minimum atomic E-state index is -0.200. The van der Waals surface area contributed by atoms with Crippen LogP contribution >= 0.6 is 0 Å². The number of anilines is 1. The Morgan fingerprint density at radius 3 is 2.95 bits per heavy atom. The minimum Gasteiger partial charge on any atom is -0.448 e. The van der Waals surface area contributed by atoms with Gasteiger partial charge in [-0.3, -0.25) is 4.90 Å². The maximum absolute atomic E-state index is 11.6. The highest BCUT2D eigenvalue weighted by Gasteiger charge is 2.35. The Morgan fingerprint density at radius 2 is 2.15 bits per heavy atom. The summed E-state index contributed by atoms with van der Waals surface area (Å²) in [4.78, 5) is 20.0. The van der Waals surface area contributed by atoms with Crippen LogP contribution in [0.2, 0.25) is 0 Å². The number of cyclic esters (lactones) is 1. The third-order valence-corrected chi connectivity index (χ3v) is 3.95. The third kappa shape index (κ3) is 1.79. The average molecular weight is 273 g/mol. The highest BCUT2D eigenvalue weighted by Crippen LogP contribution is 2.27. The van der Waals surface area contributed by atoms with E-state index in [9.17, 15) is 4.79 Å². The number of hydrogen-bond acceptors (Lipinski definition) is 5. The summed E-state index contributed by atoms with van der Waals surface area (Å²) in [6.45, 7) is 2.78. The van der Waals surface area contributed by atoms with Crippen molar-refractivity contribution in [1.29, 1.82) is 0 Å². The molecule has 6 heteroatoms. The van der Waals surface area contributed by atoms with E-state index >= 15 is 0 Å². The molecule has 1 aromatic heterocycles. The molecule has 1 atom stereocenters. The SMILES string of the molecule is O=C1OCCN1C1CCN(c2nc3ccccc3o2)C1. The van der Waals surface area contributed by atoms with Gasteiger partial charge in [-0.25, -0.2) is 4.79 Å². The molecule has 4 rings (SSSR count). The molecule has 1 amide bonds. The van der Waals surface area contributed by atoms with Gasteiger partial charge in [-0.15, -0.1) is 0 Å². The number of amides is 1. The van der Waals surface area contributed by atoms with E-state index in [2.05, 4.69) is 9.88 Å². The molecule has 6 nitrogen and oxygen atoms in total. The maximum atomic E-state index is 11.6. The first-order chi connectivity index (χ1) is 9.81. The van der Waals surface area contributed by atoms with E-state index in [0.29, 0.717) is 19.2 Å². The molecular formula is C14H15N3O3. The average Bonchev–Trinajstić information content (AvgIpc) is 3.15. The number of rotatable bonds is 2. The van der Waals surface area contributed by atoms with Gasteiger partial charge in [-0.2, -0.15) is 4.98 Å². The molecule has 0 radical (unpaired) electrons. The molecule has 1 unspecified atom stereocenters. The maximum Gasteiger partial charge on any atom is 0.410 e. The fourth-order valence-corrected chi connectivity index (χ4v) is 2.90. The lowest BCUT2D eigenvalue weighted by atomic mass is 10.2. The van der Waals surface area contributed by atoms with E-state index in [1.54, 1.807) is 0 Å². The van der Waals surface area contributed by atoms with Gasteiger partial charge in [-0.05, 0) is 18.6 Å². The Bertz CT molecular complexity index is 621. The summed E-state index contributed by atoms with van der Waals surface area (Å²) in [7, 11) is 0. The molecule has 3 heterocycles. The molecule has 0 bridgehead atoms. The number of aromatic nitrogens is 1. The largest absolute Gasteiger partial charge is 0.448 e. The summed E-state index contributed by atoms with van der Waals surface area (Å²) in [6.07, 6.45) is 0.725. The van der Waals surface area contributed by atoms with Gasteiger partial charge in [0.05, 0.1) is 12.6 Å². The summed E-state index contributed by atoms with van der Waals surface area (Å²) >= 11 is 0. The molecule has 0 N–H and O–H groups in total. The van der Waals surface area contributed by atoms with Crippen molar-refractivity contribution in [3.8, 4) is 0 Å². The van der Waals surface area contributed by atoms with Crippen molar-refractivity contribution in [1.82, 2.24) is 9.88 Å². The van der Waals surface area contributed by atoms with Crippen LogP contribution in [-0.2, 0) is 4.74 Å². The second-order valence-electron chi connectivity index (χ2n) is 5.16. The number of nitrogens with zero attached hydrogens (tertiary/aromatic N) is 3. The monoisotopic (exact) mass is 273 g/mol. The highest BCUT2D eigenvalue weighted by molar-refractivity contribution is 5.74. The van der Waals surface area contributed by atoms with Crippen LogP contribution in [0.15, 0.2) is 28.7 Å². The van der Waals surface area contributed by atoms with Crippen molar-refractivity contribution in [2.45, 2.75) is 12.5 Å². The van der Waals surface area contributed by atoms with Gasteiger partial charge in [0.15, 0.2) is 5.58 Å². The second kappa shape index (κ2) is 4.40. The fraction of sp³-hybridized carbons (Fsp3) is 0.429. The van der Waals surface area contributed by atoms with Crippen LogP contribution in [0.4, 0.5) is 10.8 Å². The fourth-order valence-electron chi connectivity index (χ4n) is 2.90. The van der Waals surface area contributed by atoms with Gasteiger partial charge >= 0.3 is 6.09 Å². The van der Waals surface area contributed by atoms with Gasteiger partial charge in [0.25, 0.3) is 6.01 Å². The number of carbonyl (C=O) groups is 1. The zero-order valence-corrected chi connectivity index (χ0v) is 11.0. The van der Waals surface area contributed by atoms with Crippen molar-refractivity contribution < 1.29 is 13.9 Å². The van der Waals surface area contributed by atoms with Crippen molar-refractivity contribution in [3.63, 3.8) is 0 Å². The topological polar surface area (TPSA) is 58.8 Å². The molecule has 0 spiro atoms. The molecule has 0 aliphatic carbocycles. The molecule has 2 saturated heterocycles. The lowest BCUT2D eigenvalue weighted by molar-refractivity contribution is 0.150. The van der Waals surface area contributed by atoms with E-state index in [1.165, 1.54) is 0 Å². The number of ether oxygens (including phenoxy) is 1. The third-order valence-electron chi connectivity index (χ3n) is 3.95. The molecule has 2 aliphatic rings. The van der Waals surface area contributed by atoms with E-state index in [1.807, 2.05) is 29.2 Å². The smallest absolute Gasteiger partial charge is 0.410 e. The van der Waals surface area contributed by atoms with Crippen LogP contribution in [0.3, 0.4) is 0 Å². The molecule has 104 valence electrons. The predicted octanol–water partition coefficient (Wildman–Crippen LogP) is 1.86. The minimum absolute atomic E-state index is 0.194. The van der Waals surface area contributed by atoms with E-state index in [-0.39, 0.29) is 12.1 Å². The van der Waals surface area contributed by atoms with Gasteiger partial charge < -0.3 is 14.1 Å². The lowest BCUT2D eigenvalue weighted by Gasteiger charge is -2.20. The number of carbonyl (C=O) groups excluding carboxylic acids is 1. The Balaban J connectivity index is 1.54. The van der Waals surface area contributed by atoms with Crippen LogP contribution in [0.5, 0.6) is 0 Å². The second-order valence-corrected chi connectivity index (χ2v) is 5.16. The Labute approximate surface area is 115 Å². The number of hydrogen-bond donors (Lipinski definition) is 0. The van der Waals surface area contributed by atoms with Crippen molar-refractivity contribution in [2.75, 3.05) is 31.1 Å². The summed E-state index contributed by atoms with van der Waals surface area (Å²) in [5.41, 5.74) is 1.66. The number of oxazole rings is 1. The molecule has 2 aromatic rings. The molecule has 2 fully saturated rings. The Morgan fingerprint density at radius 1 is 1.25 bits per heavy atom. The van der Waals surface area contributed by atoms with Crippen molar-refractivity contribution >= 4 is 23.2 Å². The summed E-state index contributed by atoms with van der Waals surface area (Å²) in [6, 6.07) is 8.57. The standard InChI is InChI=1S/C14H15N3O3/c18-14-17(7-8-19-14)10-5-6-16(9-10)13-15-11-3-1-2-4-12(11)20-13/h1-4,10H,5-9H2. The number of benzene rings is 1. The molecule has 2 aliphatic heterocycles. The summed E-state index contributed by atoms with van der Waals surface area (Å²) in [5, 5.41) is 0. The van der Waals surface area contributed by atoms with Crippen LogP contribution < -0.4 is 4.90 Å². The number of fused-ring (bicyclic) bond motifs is 1. The van der Waals surface area contributed by atoms with Crippen LogP contribution in [-0.4, -0.2) is 48.3 Å². The Kier molecular flexibility index (Phi) is 2.55. The highest BCUT2D eigenvalue weighted by atomic mass is 16.6. The molecule has 1 aromatic carbocycles. The van der Waals surface area contributed by atoms with Crippen molar-refractivity contribution in [2.24, 2.45) is 0 Å². The molecule has 0 saturated carbocycles. The molecule has 20 heavy (non-hydrogen) atoms. The van der Waals surface area contributed by atoms with Gasteiger partial charge in [-0.1, -0.05) is 12.1 Å². The quantitative estimate of drug-likeness (QED) is 0.836. The van der Waals surface area contributed by atoms with E-state index in [0.717, 1.165) is 30.6 Å². The zero-order chi connectivity index (χ0) is 13.5. The van der Waals surface area contributed by atoms with Crippen LogP contribution in [0.1, 0.15) is 6.42 Å². The number of para-hydroxylation sites is 2. The van der Waals surface area contributed by atoms with Gasteiger partial charge in [0.1, 0.15) is 12.1 Å². The summed E-state index contributed by atoms with van der Waals surface area (Å²) in [5.74, 6) is 0. The van der Waals surface area contributed by atoms with E-state index < -0.39 is 0 Å². The summed E-state index contributed by atoms with van der Waals surface area (Å²) < 4.78 is 10.8. The van der Waals surface area contributed by atoms with Crippen LogP contribution in [0.25, 0.3) is 11.1 Å². The predicted molar refractivity (Wildman–Crippen MR) is 72.7 cm³/mol. The first-order valence-electron chi connectivity index (χ1n) is 6.85. The van der Waals surface area contributed by atoms with Gasteiger partial charge in [0.2, 0.25) is 0 Å². The van der Waals surface area contributed by atoms with Crippen molar-refractivity contribution in [3.05, 3.63) is 24.3 Å². The molecular weight excluding hydrogens is 258 g/mol. The Hall–Kier alpha value is -2.24. The van der Waals surface area contributed by atoms with Crippen LogP contribution in [0, 0.1) is 0 Å². The first kappa shape index (κ1) is 11.6. The van der Waals surface area contributed by atoms with E-state index in [4.69, 9.17) is 9.15 Å². The van der Waals surface area contributed by atoms with Gasteiger partial charge in [0, 0.05) is 13.1 Å². The zero-order valence-electron chi connectivity index (χ0n) is 11.0.